The highest BCUT2D eigenvalue weighted by Crippen LogP contribution is 2.14. The normalized spacial score (nSPS) is 10.1. The van der Waals surface area contributed by atoms with Crippen molar-refractivity contribution in [2.45, 2.75) is 0 Å². The molecule has 0 saturated heterocycles. The second-order valence-electron chi connectivity index (χ2n) is 4.25. The Labute approximate surface area is 123 Å². The van der Waals surface area contributed by atoms with Crippen LogP contribution in [0.1, 0.15) is 0 Å². The van der Waals surface area contributed by atoms with Crippen LogP contribution in [-0.4, -0.2) is 50.7 Å². The molecule has 116 valence electrons. The number of amides is 1. The van der Waals surface area contributed by atoms with Gasteiger partial charge in [0.15, 0.2) is 0 Å². The first-order valence-corrected chi connectivity index (χ1v) is 6.58. The lowest BCUT2D eigenvalue weighted by Gasteiger charge is -2.08. The van der Waals surface area contributed by atoms with Crippen LogP contribution < -0.4 is 16.0 Å². The molecule has 0 aliphatic rings. The highest BCUT2D eigenvalue weighted by atomic mass is 16.6. The van der Waals surface area contributed by atoms with Crippen molar-refractivity contribution in [3.63, 3.8) is 0 Å². The van der Waals surface area contributed by atoms with Gasteiger partial charge in [-0.25, -0.2) is 0 Å². The summed E-state index contributed by atoms with van der Waals surface area (Å²) >= 11 is 0. The summed E-state index contributed by atoms with van der Waals surface area (Å²) in [5.74, 6) is -0.0865. The van der Waals surface area contributed by atoms with E-state index in [9.17, 15) is 14.9 Å². The minimum absolute atomic E-state index is 0.0518. The number of nitro groups is 1. The van der Waals surface area contributed by atoms with Gasteiger partial charge in [0.05, 0.1) is 18.1 Å². The van der Waals surface area contributed by atoms with Crippen molar-refractivity contribution in [1.82, 2.24) is 10.6 Å². The monoisotopic (exact) mass is 296 g/mol. The van der Waals surface area contributed by atoms with E-state index in [0.717, 1.165) is 5.69 Å². The van der Waals surface area contributed by atoms with Gasteiger partial charge < -0.3 is 20.7 Å². The maximum Gasteiger partial charge on any atom is 0.269 e. The number of hydrogen-bond acceptors (Lipinski definition) is 6. The van der Waals surface area contributed by atoms with Crippen LogP contribution >= 0.6 is 0 Å². The number of carbonyl (C=O) groups excluding carboxylic acids is 1. The average Bonchev–Trinajstić information content (AvgIpc) is 2.48. The van der Waals surface area contributed by atoms with E-state index in [2.05, 4.69) is 16.0 Å². The van der Waals surface area contributed by atoms with Gasteiger partial charge >= 0.3 is 0 Å². The van der Waals surface area contributed by atoms with Crippen molar-refractivity contribution in [3.05, 3.63) is 34.4 Å². The predicted molar refractivity (Wildman–Crippen MR) is 79.3 cm³/mol. The molecule has 8 heteroatoms. The zero-order valence-corrected chi connectivity index (χ0v) is 11.9. The lowest BCUT2D eigenvalue weighted by Crippen LogP contribution is -2.37. The molecule has 1 rings (SSSR count). The number of hydrogen-bond donors (Lipinski definition) is 3. The molecule has 21 heavy (non-hydrogen) atoms. The molecule has 0 atom stereocenters. The minimum Gasteiger partial charge on any atom is -0.383 e. The highest BCUT2D eigenvalue weighted by molar-refractivity contribution is 5.77. The summed E-state index contributed by atoms with van der Waals surface area (Å²) in [4.78, 5) is 21.5. The summed E-state index contributed by atoms with van der Waals surface area (Å²) in [6, 6.07) is 6.12. The summed E-state index contributed by atoms with van der Waals surface area (Å²) in [6.07, 6.45) is 0. The summed E-state index contributed by atoms with van der Waals surface area (Å²) in [5, 5.41) is 19.3. The van der Waals surface area contributed by atoms with Gasteiger partial charge in [0.2, 0.25) is 5.91 Å². The number of non-ortho nitro benzene ring substituents is 1. The Hall–Kier alpha value is -2.19. The SMILES string of the molecule is COCCNCC(=O)NCCNc1ccc([N+](=O)[O-])cc1. The Balaban J connectivity index is 2.13. The van der Waals surface area contributed by atoms with Gasteiger partial charge in [-0.3, -0.25) is 14.9 Å². The fraction of sp³-hybridized carbons (Fsp3) is 0.462. The van der Waals surface area contributed by atoms with Crippen molar-refractivity contribution in [3.8, 4) is 0 Å². The van der Waals surface area contributed by atoms with Crippen LogP contribution in [0.3, 0.4) is 0 Å². The molecule has 0 bridgehead atoms. The van der Waals surface area contributed by atoms with Crippen molar-refractivity contribution in [2.75, 3.05) is 45.2 Å². The maximum absolute atomic E-state index is 11.4. The second-order valence-corrected chi connectivity index (χ2v) is 4.25. The summed E-state index contributed by atoms with van der Waals surface area (Å²) < 4.78 is 4.85. The van der Waals surface area contributed by atoms with Gasteiger partial charge in [0.1, 0.15) is 0 Å². The Morgan fingerprint density at radius 1 is 1.24 bits per heavy atom. The number of nitrogens with zero attached hydrogens (tertiary/aromatic N) is 1. The lowest BCUT2D eigenvalue weighted by molar-refractivity contribution is -0.384. The van der Waals surface area contributed by atoms with E-state index in [4.69, 9.17) is 4.74 Å². The van der Waals surface area contributed by atoms with E-state index in [-0.39, 0.29) is 18.1 Å². The van der Waals surface area contributed by atoms with Crippen LogP contribution in [0.25, 0.3) is 0 Å². The Morgan fingerprint density at radius 3 is 2.57 bits per heavy atom. The van der Waals surface area contributed by atoms with Gasteiger partial charge in [-0.15, -0.1) is 0 Å². The molecule has 1 amide bonds. The van der Waals surface area contributed by atoms with E-state index < -0.39 is 4.92 Å². The van der Waals surface area contributed by atoms with E-state index in [1.807, 2.05) is 0 Å². The molecule has 0 radical (unpaired) electrons. The fourth-order valence-corrected chi connectivity index (χ4v) is 1.55. The molecule has 8 nitrogen and oxygen atoms in total. The van der Waals surface area contributed by atoms with E-state index in [1.165, 1.54) is 12.1 Å². The third-order valence-electron chi connectivity index (χ3n) is 2.62. The third-order valence-corrected chi connectivity index (χ3v) is 2.62. The zero-order valence-electron chi connectivity index (χ0n) is 11.9. The molecule has 0 saturated carbocycles. The van der Waals surface area contributed by atoms with Crippen LogP contribution in [0.4, 0.5) is 11.4 Å². The first kappa shape index (κ1) is 16.9. The topological polar surface area (TPSA) is 106 Å². The largest absolute Gasteiger partial charge is 0.383 e. The van der Waals surface area contributed by atoms with Gasteiger partial charge in [-0.05, 0) is 12.1 Å². The number of benzene rings is 1. The van der Waals surface area contributed by atoms with Crippen molar-refractivity contribution in [2.24, 2.45) is 0 Å². The Morgan fingerprint density at radius 2 is 1.95 bits per heavy atom. The number of carbonyl (C=O) groups is 1. The first-order chi connectivity index (χ1) is 10.1. The molecule has 0 fully saturated rings. The molecule has 0 aliphatic carbocycles. The highest BCUT2D eigenvalue weighted by Gasteiger charge is 2.03. The molecule has 3 N–H and O–H groups in total. The third kappa shape index (κ3) is 7.23. The van der Waals surface area contributed by atoms with Gasteiger partial charge in [0, 0.05) is 44.6 Å². The number of anilines is 1. The van der Waals surface area contributed by atoms with Crippen molar-refractivity contribution < 1.29 is 14.5 Å². The van der Waals surface area contributed by atoms with Gasteiger partial charge in [-0.2, -0.15) is 0 Å². The van der Waals surface area contributed by atoms with E-state index in [1.54, 1.807) is 19.2 Å². The Bertz CT molecular complexity index is 450. The first-order valence-electron chi connectivity index (χ1n) is 6.58. The number of methoxy groups -OCH3 is 1. The number of rotatable bonds is 10. The van der Waals surface area contributed by atoms with Crippen LogP contribution in [0.15, 0.2) is 24.3 Å². The molecule has 0 heterocycles. The smallest absolute Gasteiger partial charge is 0.269 e. The molecule has 0 spiro atoms. The lowest BCUT2D eigenvalue weighted by atomic mass is 10.3. The fourth-order valence-electron chi connectivity index (χ4n) is 1.55. The predicted octanol–water partition coefficient (Wildman–Crippen LogP) is 0.359. The molecule has 0 aliphatic heterocycles. The summed E-state index contributed by atoms with van der Waals surface area (Å²) in [7, 11) is 1.60. The average molecular weight is 296 g/mol. The summed E-state index contributed by atoms with van der Waals surface area (Å²) in [6.45, 7) is 2.46. The molecular formula is C13H20N4O4. The van der Waals surface area contributed by atoms with E-state index >= 15 is 0 Å². The molecular weight excluding hydrogens is 276 g/mol. The van der Waals surface area contributed by atoms with Gasteiger partial charge in [-0.1, -0.05) is 0 Å². The van der Waals surface area contributed by atoms with Crippen molar-refractivity contribution >= 4 is 17.3 Å². The van der Waals surface area contributed by atoms with Crippen LogP contribution in [0, 0.1) is 10.1 Å². The maximum atomic E-state index is 11.4. The second kappa shape index (κ2) is 9.67. The van der Waals surface area contributed by atoms with Crippen LogP contribution in [-0.2, 0) is 9.53 Å². The van der Waals surface area contributed by atoms with E-state index in [0.29, 0.717) is 26.2 Å². The quantitative estimate of drug-likeness (QED) is 0.327. The zero-order chi connectivity index (χ0) is 15.5. The molecule has 0 unspecified atom stereocenters. The van der Waals surface area contributed by atoms with Crippen molar-refractivity contribution in [1.29, 1.82) is 0 Å². The Kier molecular flexibility index (Phi) is 7.77. The minimum atomic E-state index is -0.444. The molecule has 1 aromatic carbocycles. The van der Waals surface area contributed by atoms with Crippen LogP contribution in [0.2, 0.25) is 0 Å². The van der Waals surface area contributed by atoms with Gasteiger partial charge in [0.25, 0.3) is 5.69 Å². The number of ether oxygens (including phenoxy) is 1. The molecule has 0 aromatic heterocycles. The molecule has 1 aromatic rings. The van der Waals surface area contributed by atoms with Crippen LogP contribution in [0.5, 0.6) is 0 Å². The number of nitrogens with one attached hydrogen (secondary N) is 3. The number of nitro benzene ring substituents is 1. The summed E-state index contributed by atoms with van der Waals surface area (Å²) in [5.41, 5.74) is 0.823. The standard InChI is InChI=1S/C13H20N4O4/c1-21-9-8-14-10-13(18)16-7-6-15-11-2-4-12(5-3-11)17(19)20/h2-5,14-15H,6-10H2,1H3,(H,16,18).